The second-order valence-electron chi connectivity index (χ2n) is 3.52. The number of rotatable bonds is 1. The summed E-state index contributed by atoms with van der Waals surface area (Å²) in [6.45, 7) is 1.67. The zero-order chi connectivity index (χ0) is 10.7. The normalized spacial score (nSPS) is 15.1. The first-order valence-electron chi connectivity index (χ1n) is 4.90. The van der Waals surface area contributed by atoms with Gasteiger partial charge in [0.25, 0.3) is 0 Å². The summed E-state index contributed by atoms with van der Waals surface area (Å²) in [5.74, 6) is -0.349. The number of hydrogen-bond donors (Lipinski definition) is 0. The van der Waals surface area contributed by atoms with E-state index < -0.39 is 0 Å². The van der Waals surface area contributed by atoms with Crippen molar-refractivity contribution in [3.8, 4) is 6.07 Å². The lowest BCUT2D eigenvalue weighted by Crippen LogP contribution is -2.26. The van der Waals surface area contributed by atoms with Crippen molar-refractivity contribution in [2.45, 2.75) is 6.42 Å². The summed E-state index contributed by atoms with van der Waals surface area (Å²) in [7, 11) is 0. The van der Waals surface area contributed by atoms with Crippen LogP contribution >= 0.6 is 0 Å². The van der Waals surface area contributed by atoms with Crippen LogP contribution in [0.4, 0.5) is 10.1 Å². The zero-order valence-electron chi connectivity index (χ0n) is 8.28. The van der Waals surface area contributed by atoms with E-state index >= 15 is 0 Å². The van der Waals surface area contributed by atoms with Crippen LogP contribution in [0.1, 0.15) is 12.0 Å². The van der Waals surface area contributed by atoms with Gasteiger partial charge < -0.3 is 4.90 Å². The molecule has 0 bridgehead atoms. The van der Waals surface area contributed by atoms with E-state index in [2.05, 4.69) is 17.1 Å². The number of halogens is 1. The number of hydrogen-bond acceptors (Lipinski definition) is 2. The summed E-state index contributed by atoms with van der Waals surface area (Å²) in [5.41, 5.74) is 1.16. The Balaban J connectivity index is 2.31. The number of nitrogens with zero attached hydrogens (tertiary/aromatic N) is 2. The molecule has 1 aliphatic heterocycles. The Hall–Kier alpha value is -1.82. The molecule has 3 heteroatoms. The smallest absolute Gasteiger partial charge is 0.126 e. The Kier molecular flexibility index (Phi) is 2.68. The lowest BCUT2D eigenvalue weighted by atomic mass is 10.1. The van der Waals surface area contributed by atoms with Crippen molar-refractivity contribution in [1.29, 1.82) is 5.26 Å². The molecule has 0 saturated heterocycles. The van der Waals surface area contributed by atoms with Crippen LogP contribution in [0, 0.1) is 17.1 Å². The molecule has 1 aromatic rings. The molecule has 0 radical (unpaired) electrons. The number of nitriles is 1. The van der Waals surface area contributed by atoms with E-state index in [1.54, 1.807) is 6.07 Å². The van der Waals surface area contributed by atoms with E-state index in [1.165, 1.54) is 12.1 Å². The summed E-state index contributed by atoms with van der Waals surface area (Å²) in [6.07, 6.45) is 5.14. The molecule has 1 heterocycles. The predicted molar refractivity (Wildman–Crippen MR) is 57.1 cm³/mol. The van der Waals surface area contributed by atoms with Crippen LogP contribution in [-0.2, 0) is 0 Å². The molecule has 0 unspecified atom stereocenters. The Morgan fingerprint density at radius 3 is 2.80 bits per heavy atom. The van der Waals surface area contributed by atoms with Gasteiger partial charge in [-0.1, -0.05) is 12.2 Å². The van der Waals surface area contributed by atoms with E-state index in [-0.39, 0.29) is 5.82 Å². The average molecular weight is 202 g/mol. The Morgan fingerprint density at radius 1 is 1.27 bits per heavy atom. The molecule has 0 fully saturated rings. The third-order valence-electron chi connectivity index (χ3n) is 2.43. The van der Waals surface area contributed by atoms with Crippen LogP contribution in [0.3, 0.4) is 0 Å². The van der Waals surface area contributed by atoms with Gasteiger partial charge in [-0.3, -0.25) is 0 Å². The molecule has 0 aliphatic carbocycles. The van der Waals surface area contributed by atoms with Crippen LogP contribution in [0.25, 0.3) is 0 Å². The van der Waals surface area contributed by atoms with Crippen LogP contribution in [0.2, 0.25) is 0 Å². The third kappa shape index (κ3) is 2.16. The molecular formula is C12H11FN2. The first kappa shape index (κ1) is 9.72. The lowest BCUT2D eigenvalue weighted by Gasteiger charge is -2.25. The minimum absolute atomic E-state index is 0.349. The summed E-state index contributed by atoms with van der Waals surface area (Å²) in [5, 5.41) is 8.74. The maximum absolute atomic E-state index is 13.2. The van der Waals surface area contributed by atoms with Crippen molar-refractivity contribution >= 4 is 5.69 Å². The molecule has 0 atom stereocenters. The molecule has 1 aliphatic rings. The Morgan fingerprint density at radius 2 is 2.13 bits per heavy atom. The van der Waals surface area contributed by atoms with E-state index in [1.807, 2.05) is 6.07 Å². The van der Waals surface area contributed by atoms with Crippen LogP contribution in [-0.4, -0.2) is 13.1 Å². The van der Waals surface area contributed by atoms with Gasteiger partial charge in [-0.05, 0) is 24.6 Å². The zero-order valence-corrected chi connectivity index (χ0v) is 8.28. The van der Waals surface area contributed by atoms with Crippen LogP contribution in [0.5, 0.6) is 0 Å². The van der Waals surface area contributed by atoms with E-state index in [9.17, 15) is 4.39 Å². The van der Waals surface area contributed by atoms with Gasteiger partial charge in [-0.15, -0.1) is 0 Å². The Bertz CT molecular complexity index is 432. The van der Waals surface area contributed by atoms with Gasteiger partial charge >= 0.3 is 0 Å². The summed E-state index contributed by atoms with van der Waals surface area (Å²) in [6, 6.07) is 6.41. The average Bonchev–Trinajstić information content (AvgIpc) is 2.29. The summed E-state index contributed by atoms with van der Waals surface area (Å²) in [4.78, 5) is 2.06. The monoisotopic (exact) mass is 202 g/mol. The highest BCUT2D eigenvalue weighted by Gasteiger charge is 2.09. The largest absolute Gasteiger partial charge is 0.367 e. The molecule has 2 rings (SSSR count). The van der Waals surface area contributed by atoms with E-state index in [0.29, 0.717) is 5.56 Å². The minimum atomic E-state index is -0.349. The number of benzene rings is 1. The van der Waals surface area contributed by atoms with Crippen molar-refractivity contribution < 1.29 is 4.39 Å². The van der Waals surface area contributed by atoms with Crippen molar-refractivity contribution in [1.82, 2.24) is 0 Å². The molecular weight excluding hydrogens is 191 g/mol. The summed E-state index contributed by atoms with van der Waals surface area (Å²) < 4.78 is 13.2. The maximum atomic E-state index is 13.2. The molecule has 76 valence electrons. The maximum Gasteiger partial charge on any atom is 0.126 e. The first-order chi connectivity index (χ1) is 7.29. The van der Waals surface area contributed by atoms with Gasteiger partial charge in [0.1, 0.15) is 5.82 Å². The molecule has 2 nitrogen and oxygen atoms in total. The van der Waals surface area contributed by atoms with Gasteiger partial charge in [0.2, 0.25) is 0 Å². The van der Waals surface area contributed by atoms with Crippen molar-refractivity contribution in [3.05, 3.63) is 41.7 Å². The van der Waals surface area contributed by atoms with Crippen molar-refractivity contribution in [2.75, 3.05) is 18.0 Å². The topological polar surface area (TPSA) is 27.0 Å². The molecule has 0 N–H and O–H groups in total. The fourth-order valence-electron chi connectivity index (χ4n) is 1.70. The Labute approximate surface area is 88.2 Å². The molecule has 0 amide bonds. The predicted octanol–water partition coefficient (Wildman–Crippen LogP) is 2.46. The standard InChI is InChI=1S/C12H11FN2/c13-11-6-10(9-14)7-12(8-11)15-4-2-1-3-5-15/h1-2,6-8H,3-5H2. The van der Waals surface area contributed by atoms with E-state index in [0.717, 1.165) is 25.2 Å². The lowest BCUT2D eigenvalue weighted by molar-refractivity contribution is 0.626. The highest BCUT2D eigenvalue weighted by atomic mass is 19.1. The van der Waals surface area contributed by atoms with Gasteiger partial charge in [0, 0.05) is 18.8 Å². The highest BCUT2D eigenvalue weighted by Crippen LogP contribution is 2.20. The van der Waals surface area contributed by atoms with Crippen molar-refractivity contribution in [2.24, 2.45) is 0 Å². The van der Waals surface area contributed by atoms with Gasteiger partial charge in [-0.2, -0.15) is 5.26 Å². The third-order valence-corrected chi connectivity index (χ3v) is 2.43. The van der Waals surface area contributed by atoms with Gasteiger partial charge in [0.15, 0.2) is 0 Å². The van der Waals surface area contributed by atoms with Crippen molar-refractivity contribution in [3.63, 3.8) is 0 Å². The fraction of sp³-hybridized carbons (Fsp3) is 0.250. The fourth-order valence-corrected chi connectivity index (χ4v) is 1.70. The minimum Gasteiger partial charge on any atom is -0.367 e. The molecule has 0 spiro atoms. The molecule has 1 aromatic carbocycles. The van der Waals surface area contributed by atoms with Gasteiger partial charge in [0.05, 0.1) is 11.6 Å². The number of anilines is 1. The quantitative estimate of drug-likeness (QED) is 0.654. The summed E-state index contributed by atoms with van der Waals surface area (Å²) >= 11 is 0. The first-order valence-corrected chi connectivity index (χ1v) is 4.90. The second-order valence-corrected chi connectivity index (χ2v) is 3.52. The van der Waals surface area contributed by atoms with Crippen LogP contribution in [0.15, 0.2) is 30.4 Å². The van der Waals surface area contributed by atoms with Crippen LogP contribution < -0.4 is 4.90 Å². The molecule has 15 heavy (non-hydrogen) atoms. The van der Waals surface area contributed by atoms with Gasteiger partial charge in [-0.25, -0.2) is 4.39 Å². The second kappa shape index (κ2) is 4.14. The molecule has 0 aromatic heterocycles. The SMILES string of the molecule is N#Cc1cc(F)cc(N2CC=CCC2)c1. The molecule has 0 saturated carbocycles. The highest BCUT2D eigenvalue weighted by molar-refractivity contribution is 5.52. The van der Waals surface area contributed by atoms with E-state index in [4.69, 9.17) is 5.26 Å².